The number of fused-ring (bicyclic) bond motifs is 3. The molecule has 158 valence electrons. The van der Waals surface area contributed by atoms with Crippen molar-refractivity contribution < 1.29 is 9.18 Å². The van der Waals surface area contributed by atoms with Gasteiger partial charge >= 0.3 is 0 Å². The van der Waals surface area contributed by atoms with Crippen molar-refractivity contribution in [3.8, 4) is 5.69 Å². The van der Waals surface area contributed by atoms with E-state index in [1.165, 1.54) is 23.0 Å². The van der Waals surface area contributed by atoms with Crippen molar-refractivity contribution in [2.24, 2.45) is 10.9 Å². The molecule has 0 unspecified atom stereocenters. The second-order valence-electron chi connectivity index (χ2n) is 7.76. The Labute approximate surface area is 187 Å². The molecule has 2 aliphatic rings. The van der Waals surface area contributed by atoms with Crippen molar-refractivity contribution in [3.63, 3.8) is 0 Å². The number of halogens is 3. The topological polar surface area (TPSA) is 76.3 Å². The van der Waals surface area contributed by atoms with Crippen LogP contribution in [0.15, 0.2) is 35.5 Å². The van der Waals surface area contributed by atoms with Crippen LogP contribution in [0, 0.1) is 11.7 Å². The molecule has 31 heavy (non-hydrogen) atoms. The van der Waals surface area contributed by atoms with Crippen molar-refractivity contribution >= 4 is 34.8 Å². The number of carbonyl (C=O) groups is 1. The monoisotopic (exact) mass is 458 g/mol. The molecule has 5 rings (SSSR count). The summed E-state index contributed by atoms with van der Waals surface area (Å²) in [6.07, 6.45) is 1.48. The van der Waals surface area contributed by atoms with Gasteiger partial charge in [-0.25, -0.2) is 14.1 Å². The number of carbonyl (C=O) groups excluding carboxylic acids is 1. The van der Waals surface area contributed by atoms with E-state index in [-0.39, 0.29) is 33.2 Å². The second kappa shape index (κ2) is 7.39. The molecule has 1 fully saturated rings. The molecular formula is C21H17Cl2FN6O. The summed E-state index contributed by atoms with van der Waals surface area (Å²) in [6, 6.07) is 5.59. The highest BCUT2D eigenvalue weighted by molar-refractivity contribution is 6.45. The van der Waals surface area contributed by atoms with Gasteiger partial charge in [-0.2, -0.15) is 0 Å². The van der Waals surface area contributed by atoms with Gasteiger partial charge in [-0.05, 0) is 37.1 Å². The summed E-state index contributed by atoms with van der Waals surface area (Å²) >= 11 is 12.8. The van der Waals surface area contributed by atoms with Gasteiger partial charge in [0.25, 0.3) is 5.91 Å². The van der Waals surface area contributed by atoms with Crippen LogP contribution in [0.1, 0.15) is 47.6 Å². The van der Waals surface area contributed by atoms with E-state index in [2.05, 4.69) is 27.0 Å². The van der Waals surface area contributed by atoms with Crippen molar-refractivity contribution in [3.05, 3.63) is 69.2 Å². The number of aromatic nitrogens is 4. The Morgan fingerprint density at radius 1 is 1.19 bits per heavy atom. The number of likely N-dealkylation sites (tertiary alicyclic amines) is 1. The number of nitrogens with zero attached hydrogens (tertiary/aromatic N) is 6. The van der Waals surface area contributed by atoms with E-state index in [1.54, 1.807) is 24.0 Å². The number of hydrogen-bond acceptors (Lipinski definition) is 5. The van der Waals surface area contributed by atoms with Crippen LogP contribution in [0.3, 0.4) is 0 Å². The van der Waals surface area contributed by atoms with Gasteiger partial charge in [0.2, 0.25) is 5.82 Å². The van der Waals surface area contributed by atoms with Crippen LogP contribution >= 0.6 is 23.2 Å². The summed E-state index contributed by atoms with van der Waals surface area (Å²) in [4.78, 5) is 27.8. The van der Waals surface area contributed by atoms with Crippen molar-refractivity contribution in [2.75, 3.05) is 13.1 Å². The molecule has 1 aromatic carbocycles. The summed E-state index contributed by atoms with van der Waals surface area (Å²) in [5.41, 5.74) is 1.20. The maximum Gasteiger partial charge on any atom is 0.293 e. The van der Waals surface area contributed by atoms with Crippen LogP contribution in [0.5, 0.6) is 0 Å². The van der Waals surface area contributed by atoms with Crippen LogP contribution in [0.4, 0.5) is 4.39 Å². The van der Waals surface area contributed by atoms with E-state index in [1.807, 2.05) is 0 Å². The minimum Gasteiger partial charge on any atom is -0.335 e. The molecule has 7 nitrogen and oxygen atoms in total. The maximum absolute atomic E-state index is 14.6. The van der Waals surface area contributed by atoms with Gasteiger partial charge in [-0.15, -0.1) is 5.10 Å². The predicted octanol–water partition coefficient (Wildman–Crippen LogP) is 4.11. The highest BCUT2D eigenvalue weighted by atomic mass is 35.5. The van der Waals surface area contributed by atoms with E-state index in [9.17, 15) is 9.18 Å². The smallest absolute Gasteiger partial charge is 0.293 e. The fraction of sp³-hybridized carbons (Fsp3) is 0.286. The Morgan fingerprint density at radius 3 is 2.68 bits per heavy atom. The molecule has 10 heteroatoms. The highest BCUT2D eigenvalue weighted by Crippen LogP contribution is 2.37. The first kappa shape index (κ1) is 20.1. The van der Waals surface area contributed by atoms with E-state index >= 15 is 0 Å². The number of benzene rings is 1. The summed E-state index contributed by atoms with van der Waals surface area (Å²) in [7, 11) is 0. The molecule has 3 aromatic rings. The number of amides is 1. The Balaban J connectivity index is 1.71. The first-order chi connectivity index (χ1) is 14.8. The zero-order valence-corrected chi connectivity index (χ0v) is 18.2. The molecule has 2 aromatic heterocycles. The summed E-state index contributed by atoms with van der Waals surface area (Å²) in [5.74, 6) is 0.236. The van der Waals surface area contributed by atoms with Gasteiger partial charge < -0.3 is 4.90 Å². The van der Waals surface area contributed by atoms with Crippen LogP contribution < -0.4 is 0 Å². The summed E-state index contributed by atoms with van der Waals surface area (Å²) in [5, 5.41) is 4.96. The van der Waals surface area contributed by atoms with Gasteiger partial charge in [0.1, 0.15) is 11.7 Å². The first-order valence-corrected chi connectivity index (χ1v) is 10.5. The number of hydrogen-bond donors (Lipinski definition) is 0. The number of rotatable bonds is 2. The lowest BCUT2D eigenvalue weighted by Gasteiger charge is -2.36. The second-order valence-corrected chi connectivity index (χ2v) is 8.55. The van der Waals surface area contributed by atoms with Crippen LogP contribution in [0.25, 0.3) is 5.69 Å². The van der Waals surface area contributed by atoms with Gasteiger partial charge in [-0.3, -0.25) is 14.8 Å². The van der Waals surface area contributed by atoms with Gasteiger partial charge in [-0.1, -0.05) is 30.1 Å². The number of aliphatic imine (C=N–C) groups is 1. The van der Waals surface area contributed by atoms with Crippen LogP contribution in [0.2, 0.25) is 10.0 Å². The van der Waals surface area contributed by atoms with Crippen LogP contribution in [-0.2, 0) is 0 Å². The summed E-state index contributed by atoms with van der Waals surface area (Å²) in [6.45, 7) is 5.23. The Kier molecular flexibility index (Phi) is 4.79. The molecule has 4 heterocycles. The zero-order chi connectivity index (χ0) is 21.9. The zero-order valence-electron chi connectivity index (χ0n) is 16.7. The minimum absolute atomic E-state index is 0.0522. The standard InChI is InChI=1S/C21H17Cl2FN6O/c1-10-8-29(9-10)21(31)19-27-20-11(2)26-18(17-13(24)4-3-7-25-17)15-14(30(20)28-19)6-5-12(22)16(15)23/h3-7,10-11H,8-9H2,1-2H3/t11-/m0/s1. The lowest BCUT2D eigenvalue weighted by atomic mass is 10.0. The van der Waals surface area contributed by atoms with Gasteiger partial charge in [0.05, 0.1) is 21.4 Å². The minimum atomic E-state index is -0.539. The van der Waals surface area contributed by atoms with Crippen molar-refractivity contribution in [1.82, 2.24) is 24.6 Å². The lowest BCUT2D eigenvalue weighted by molar-refractivity contribution is 0.0517. The molecule has 2 aliphatic heterocycles. The molecular weight excluding hydrogens is 442 g/mol. The molecule has 1 amide bonds. The fourth-order valence-corrected chi connectivity index (χ4v) is 4.27. The summed E-state index contributed by atoms with van der Waals surface area (Å²) < 4.78 is 16.2. The van der Waals surface area contributed by atoms with Gasteiger partial charge in [0, 0.05) is 24.8 Å². The largest absolute Gasteiger partial charge is 0.335 e. The normalized spacial score (nSPS) is 18.0. The number of pyridine rings is 1. The quantitative estimate of drug-likeness (QED) is 0.578. The van der Waals surface area contributed by atoms with Crippen LogP contribution in [-0.4, -0.2) is 49.4 Å². The van der Waals surface area contributed by atoms with Crippen molar-refractivity contribution in [1.29, 1.82) is 0 Å². The van der Waals surface area contributed by atoms with Gasteiger partial charge in [0.15, 0.2) is 11.6 Å². The average Bonchev–Trinajstić information content (AvgIpc) is 3.13. The lowest BCUT2D eigenvalue weighted by Crippen LogP contribution is -2.49. The van der Waals surface area contributed by atoms with E-state index in [0.717, 1.165) is 0 Å². The molecule has 0 spiro atoms. The molecule has 0 aliphatic carbocycles. The third-order valence-corrected chi connectivity index (χ3v) is 6.20. The van der Waals surface area contributed by atoms with E-state index < -0.39 is 11.9 Å². The molecule has 0 saturated carbocycles. The third-order valence-electron chi connectivity index (χ3n) is 5.39. The van der Waals surface area contributed by atoms with E-state index in [4.69, 9.17) is 23.2 Å². The molecule has 0 N–H and O–H groups in total. The Bertz CT molecular complexity index is 1250. The van der Waals surface area contributed by atoms with E-state index in [0.29, 0.717) is 36.1 Å². The highest BCUT2D eigenvalue weighted by Gasteiger charge is 2.34. The Hall–Kier alpha value is -2.84. The molecule has 0 bridgehead atoms. The molecule has 0 radical (unpaired) electrons. The Morgan fingerprint density at radius 2 is 1.97 bits per heavy atom. The molecule has 1 atom stereocenters. The SMILES string of the molecule is CC1CN(C(=O)c2nc3n(n2)-c2ccc(Cl)c(Cl)c2C(c2ncccc2F)=N[C@H]3C)C1. The fourth-order valence-electron chi connectivity index (χ4n) is 3.87. The van der Waals surface area contributed by atoms with Crippen molar-refractivity contribution in [2.45, 2.75) is 19.9 Å². The third kappa shape index (κ3) is 3.21. The average molecular weight is 459 g/mol. The maximum atomic E-state index is 14.6. The first-order valence-electron chi connectivity index (χ1n) is 9.78. The molecule has 1 saturated heterocycles. The predicted molar refractivity (Wildman–Crippen MR) is 115 cm³/mol.